The van der Waals surface area contributed by atoms with Crippen molar-refractivity contribution in [3.05, 3.63) is 64.1 Å². The smallest absolute Gasteiger partial charge is 0.274 e. The van der Waals surface area contributed by atoms with Gasteiger partial charge < -0.3 is 9.80 Å². The standard InChI is InChI=1S/C25H32N4O3/c1-27-23(30)11-10-22(26-27)25(32)29-17-13-20(14-18-29)21-9-5-6-15-28(24(21)31)16-12-19-7-3-2-4-8-19/h2-4,7-8,10-11,20-21H,5-6,9,12-18H2,1H3. The Morgan fingerprint density at radius 2 is 1.72 bits per heavy atom. The van der Waals surface area contributed by atoms with E-state index in [4.69, 9.17) is 0 Å². The van der Waals surface area contributed by atoms with Crippen LogP contribution in [0.4, 0.5) is 0 Å². The summed E-state index contributed by atoms with van der Waals surface area (Å²) >= 11 is 0. The molecule has 0 N–H and O–H groups in total. The van der Waals surface area contributed by atoms with Crippen LogP contribution in [0.2, 0.25) is 0 Å². The second-order valence-corrected chi connectivity index (χ2v) is 8.97. The number of hydrogen-bond acceptors (Lipinski definition) is 4. The average molecular weight is 437 g/mol. The van der Waals surface area contributed by atoms with Gasteiger partial charge in [0, 0.05) is 45.2 Å². The Balaban J connectivity index is 1.35. The van der Waals surface area contributed by atoms with E-state index in [0.717, 1.165) is 51.6 Å². The highest BCUT2D eigenvalue weighted by Crippen LogP contribution is 2.32. The molecule has 0 radical (unpaired) electrons. The van der Waals surface area contributed by atoms with E-state index in [1.807, 2.05) is 18.2 Å². The molecule has 0 bridgehead atoms. The van der Waals surface area contributed by atoms with Crippen LogP contribution in [0.3, 0.4) is 0 Å². The molecule has 2 amide bonds. The minimum absolute atomic E-state index is 0.0567. The predicted octanol–water partition coefficient (Wildman–Crippen LogP) is 2.50. The van der Waals surface area contributed by atoms with E-state index in [9.17, 15) is 14.4 Å². The molecular weight excluding hydrogens is 404 g/mol. The molecule has 2 aliphatic rings. The van der Waals surface area contributed by atoms with Gasteiger partial charge in [0.2, 0.25) is 5.91 Å². The Bertz CT molecular complexity index is 996. The number of likely N-dealkylation sites (tertiary alicyclic amines) is 2. The van der Waals surface area contributed by atoms with Crippen molar-refractivity contribution in [2.24, 2.45) is 18.9 Å². The Hall–Kier alpha value is -2.96. The Morgan fingerprint density at radius 1 is 0.969 bits per heavy atom. The maximum Gasteiger partial charge on any atom is 0.274 e. The van der Waals surface area contributed by atoms with Crippen molar-refractivity contribution in [1.82, 2.24) is 19.6 Å². The summed E-state index contributed by atoms with van der Waals surface area (Å²) in [6, 6.07) is 13.2. The number of aromatic nitrogens is 2. The predicted molar refractivity (Wildman–Crippen MR) is 122 cm³/mol. The van der Waals surface area contributed by atoms with Crippen LogP contribution in [0.25, 0.3) is 0 Å². The van der Waals surface area contributed by atoms with Crippen molar-refractivity contribution in [3.8, 4) is 0 Å². The third kappa shape index (κ3) is 5.09. The Labute approximate surface area is 189 Å². The van der Waals surface area contributed by atoms with E-state index in [1.165, 1.54) is 22.4 Å². The molecule has 2 fully saturated rings. The largest absolute Gasteiger partial charge is 0.342 e. The highest BCUT2D eigenvalue weighted by molar-refractivity contribution is 5.92. The first kappa shape index (κ1) is 22.2. The van der Waals surface area contributed by atoms with Crippen LogP contribution in [0.15, 0.2) is 47.3 Å². The van der Waals surface area contributed by atoms with Gasteiger partial charge in [-0.05, 0) is 49.7 Å². The normalized spacial score (nSPS) is 20.3. The quantitative estimate of drug-likeness (QED) is 0.722. The lowest BCUT2D eigenvalue weighted by Gasteiger charge is -2.36. The molecule has 2 aromatic rings. The van der Waals surface area contributed by atoms with Gasteiger partial charge in [-0.3, -0.25) is 14.4 Å². The Kier molecular flexibility index (Phi) is 7.02. The third-order valence-electron chi connectivity index (χ3n) is 6.91. The summed E-state index contributed by atoms with van der Waals surface area (Å²) in [6.45, 7) is 2.87. The summed E-state index contributed by atoms with van der Waals surface area (Å²) in [4.78, 5) is 41.6. The summed E-state index contributed by atoms with van der Waals surface area (Å²) in [5, 5.41) is 4.09. The van der Waals surface area contributed by atoms with E-state index >= 15 is 0 Å². The van der Waals surface area contributed by atoms with Crippen molar-refractivity contribution in [1.29, 1.82) is 0 Å². The van der Waals surface area contributed by atoms with Crippen molar-refractivity contribution >= 4 is 11.8 Å². The van der Waals surface area contributed by atoms with Crippen LogP contribution >= 0.6 is 0 Å². The zero-order valence-electron chi connectivity index (χ0n) is 18.8. The van der Waals surface area contributed by atoms with Gasteiger partial charge in [-0.25, -0.2) is 4.68 Å². The van der Waals surface area contributed by atoms with Crippen molar-refractivity contribution < 1.29 is 9.59 Å². The first-order chi connectivity index (χ1) is 15.5. The van der Waals surface area contributed by atoms with Gasteiger partial charge in [0.15, 0.2) is 0 Å². The summed E-state index contributed by atoms with van der Waals surface area (Å²) in [5.74, 6) is 0.525. The van der Waals surface area contributed by atoms with Gasteiger partial charge >= 0.3 is 0 Å². The van der Waals surface area contributed by atoms with E-state index in [0.29, 0.717) is 30.6 Å². The van der Waals surface area contributed by atoms with Gasteiger partial charge in [-0.1, -0.05) is 36.8 Å². The van der Waals surface area contributed by atoms with Crippen LogP contribution in [0.5, 0.6) is 0 Å². The highest BCUT2D eigenvalue weighted by Gasteiger charge is 2.36. The molecule has 32 heavy (non-hydrogen) atoms. The van der Waals surface area contributed by atoms with Gasteiger partial charge in [-0.2, -0.15) is 5.10 Å². The number of piperidine rings is 1. The molecule has 1 aromatic heterocycles. The van der Waals surface area contributed by atoms with E-state index in [2.05, 4.69) is 22.1 Å². The second-order valence-electron chi connectivity index (χ2n) is 8.97. The zero-order chi connectivity index (χ0) is 22.5. The molecule has 4 rings (SSSR count). The minimum Gasteiger partial charge on any atom is -0.342 e. The van der Waals surface area contributed by atoms with E-state index < -0.39 is 0 Å². The number of nitrogens with zero attached hydrogens (tertiary/aromatic N) is 4. The molecule has 0 saturated carbocycles. The monoisotopic (exact) mass is 436 g/mol. The topological polar surface area (TPSA) is 75.5 Å². The Morgan fingerprint density at radius 3 is 2.44 bits per heavy atom. The SMILES string of the molecule is Cn1nc(C(=O)N2CCC(C3CCCCN(CCc4ccccc4)C3=O)CC2)ccc1=O. The third-order valence-corrected chi connectivity index (χ3v) is 6.91. The summed E-state index contributed by atoms with van der Waals surface area (Å²) in [7, 11) is 1.55. The summed E-state index contributed by atoms with van der Waals surface area (Å²) in [6.07, 6.45) is 5.65. The number of aryl methyl sites for hydroxylation is 1. The van der Waals surface area contributed by atoms with Crippen LogP contribution in [-0.4, -0.2) is 57.6 Å². The number of hydrogen-bond donors (Lipinski definition) is 0. The average Bonchev–Trinajstić information content (AvgIpc) is 3.01. The molecule has 1 atom stereocenters. The molecule has 3 heterocycles. The summed E-state index contributed by atoms with van der Waals surface area (Å²) in [5.41, 5.74) is 1.33. The second kappa shape index (κ2) is 10.1. The van der Waals surface area contributed by atoms with Gasteiger partial charge in [0.25, 0.3) is 11.5 Å². The lowest BCUT2D eigenvalue weighted by atomic mass is 9.81. The molecule has 7 heteroatoms. The maximum absolute atomic E-state index is 13.4. The first-order valence-corrected chi connectivity index (χ1v) is 11.7. The van der Waals surface area contributed by atoms with E-state index in [1.54, 1.807) is 11.9 Å². The number of carbonyl (C=O) groups is 2. The lowest BCUT2D eigenvalue weighted by Crippen LogP contribution is -2.44. The molecule has 2 saturated heterocycles. The van der Waals surface area contributed by atoms with Gasteiger partial charge in [0.1, 0.15) is 5.69 Å². The van der Waals surface area contributed by atoms with Crippen molar-refractivity contribution in [2.45, 2.75) is 38.5 Å². The fourth-order valence-electron chi connectivity index (χ4n) is 4.99. The molecule has 0 aliphatic carbocycles. The number of benzene rings is 1. The van der Waals surface area contributed by atoms with Crippen molar-refractivity contribution in [3.63, 3.8) is 0 Å². The van der Waals surface area contributed by atoms with Crippen LogP contribution in [-0.2, 0) is 18.3 Å². The molecule has 7 nitrogen and oxygen atoms in total. The molecule has 2 aliphatic heterocycles. The fourth-order valence-corrected chi connectivity index (χ4v) is 4.99. The zero-order valence-corrected chi connectivity index (χ0v) is 18.8. The highest BCUT2D eigenvalue weighted by atomic mass is 16.2. The van der Waals surface area contributed by atoms with Crippen molar-refractivity contribution in [2.75, 3.05) is 26.2 Å². The lowest BCUT2D eigenvalue weighted by molar-refractivity contribution is -0.137. The molecular formula is C25H32N4O3. The minimum atomic E-state index is -0.232. The number of carbonyl (C=O) groups excluding carboxylic acids is 2. The molecule has 1 unspecified atom stereocenters. The van der Waals surface area contributed by atoms with Crippen LogP contribution in [0, 0.1) is 11.8 Å². The summed E-state index contributed by atoms with van der Waals surface area (Å²) < 4.78 is 1.19. The molecule has 170 valence electrons. The fraction of sp³-hybridized carbons (Fsp3) is 0.520. The first-order valence-electron chi connectivity index (χ1n) is 11.7. The van der Waals surface area contributed by atoms with Crippen LogP contribution in [0.1, 0.15) is 48.2 Å². The maximum atomic E-state index is 13.4. The van der Waals surface area contributed by atoms with Gasteiger partial charge in [0.05, 0.1) is 0 Å². The van der Waals surface area contributed by atoms with E-state index in [-0.39, 0.29) is 17.4 Å². The molecule has 1 aromatic carbocycles. The van der Waals surface area contributed by atoms with Crippen LogP contribution < -0.4 is 5.56 Å². The number of amides is 2. The molecule has 0 spiro atoms. The van der Waals surface area contributed by atoms with Gasteiger partial charge in [-0.15, -0.1) is 0 Å². The number of rotatable bonds is 5.